The van der Waals surface area contributed by atoms with Crippen molar-refractivity contribution in [2.75, 3.05) is 19.6 Å². The molecule has 1 heterocycles. The lowest BCUT2D eigenvalue weighted by molar-refractivity contribution is 0.138. The molecule has 2 aliphatic carbocycles. The number of benzene rings is 1. The summed E-state index contributed by atoms with van der Waals surface area (Å²) >= 11 is 0. The lowest BCUT2D eigenvalue weighted by Crippen LogP contribution is -2.54. The zero-order chi connectivity index (χ0) is 14.1. The van der Waals surface area contributed by atoms with Crippen LogP contribution in [0.1, 0.15) is 50.0 Å². The third-order valence-electron chi connectivity index (χ3n) is 5.91. The highest BCUT2D eigenvalue weighted by Crippen LogP contribution is 2.45. The van der Waals surface area contributed by atoms with Crippen molar-refractivity contribution in [1.29, 1.82) is 0 Å². The van der Waals surface area contributed by atoms with E-state index in [1.54, 1.807) is 5.56 Å². The Hall–Kier alpha value is -0.860. The number of nitrogens with one attached hydrogen (secondary N) is 1. The van der Waals surface area contributed by atoms with Crippen molar-refractivity contribution in [1.82, 2.24) is 10.2 Å². The third-order valence-corrected chi connectivity index (χ3v) is 5.91. The number of hydrogen-bond donors (Lipinski definition) is 1. The lowest BCUT2D eigenvalue weighted by atomic mass is 9.83. The Morgan fingerprint density at radius 3 is 2.62 bits per heavy atom. The molecule has 1 aromatic rings. The van der Waals surface area contributed by atoms with E-state index < -0.39 is 0 Å². The van der Waals surface area contributed by atoms with Gasteiger partial charge in [-0.3, -0.25) is 4.90 Å². The van der Waals surface area contributed by atoms with E-state index in [1.807, 2.05) is 0 Å². The number of piperazine rings is 1. The molecule has 114 valence electrons. The van der Waals surface area contributed by atoms with Crippen molar-refractivity contribution in [2.24, 2.45) is 5.92 Å². The van der Waals surface area contributed by atoms with Gasteiger partial charge in [-0.25, -0.2) is 0 Å². The second-order valence-corrected chi connectivity index (χ2v) is 7.27. The first-order valence-electron chi connectivity index (χ1n) is 8.94. The van der Waals surface area contributed by atoms with Gasteiger partial charge in [-0.1, -0.05) is 49.6 Å². The van der Waals surface area contributed by atoms with Crippen LogP contribution < -0.4 is 5.32 Å². The molecular weight excluding hydrogens is 256 g/mol. The Balaban J connectivity index is 1.36. The van der Waals surface area contributed by atoms with E-state index in [0.29, 0.717) is 0 Å². The average Bonchev–Trinajstić information content (AvgIpc) is 3.37. The Bertz CT molecular complexity index is 452. The van der Waals surface area contributed by atoms with E-state index in [4.69, 9.17) is 0 Å². The predicted octanol–water partition coefficient (Wildman–Crippen LogP) is 3.40. The molecule has 1 aromatic carbocycles. The van der Waals surface area contributed by atoms with E-state index in [-0.39, 0.29) is 0 Å². The molecule has 3 unspecified atom stereocenters. The van der Waals surface area contributed by atoms with Gasteiger partial charge in [-0.15, -0.1) is 0 Å². The van der Waals surface area contributed by atoms with E-state index in [0.717, 1.165) is 23.9 Å². The molecule has 2 heteroatoms. The zero-order valence-corrected chi connectivity index (χ0v) is 13.0. The predicted molar refractivity (Wildman–Crippen MR) is 87.5 cm³/mol. The molecule has 2 saturated carbocycles. The van der Waals surface area contributed by atoms with Crippen LogP contribution in [-0.2, 0) is 0 Å². The molecule has 0 bridgehead atoms. The third kappa shape index (κ3) is 3.02. The topological polar surface area (TPSA) is 15.3 Å². The Morgan fingerprint density at radius 1 is 1.00 bits per heavy atom. The van der Waals surface area contributed by atoms with Gasteiger partial charge in [0.1, 0.15) is 0 Å². The van der Waals surface area contributed by atoms with Crippen LogP contribution in [0.3, 0.4) is 0 Å². The maximum absolute atomic E-state index is 3.81. The summed E-state index contributed by atoms with van der Waals surface area (Å²) in [4.78, 5) is 2.79. The quantitative estimate of drug-likeness (QED) is 0.915. The van der Waals surface area contributed by atoms with Crippen molar-refractivity contribution in [3.05, 3.63) is 35.9 Å². The molecule has 1 aliphatic heterocycles. The Kier molecular flexibility index (Phi) is 4.00. The Morgan fingerprint density at radius 2 is 1.81 bits per heavy atom. The summed E-state index contributed by atoms with van der Waals surface area (Å²) in [5.41, 5.74) is 1.55. The van der Waals surface area contributed by atoms with Gasteiger partial charge in [0.05, 0.1) is 0 Å². The summed E-state index contributed by atoms with van der Waals surface area (Å²) in [6.45, 7) is 3.73. The molecule has 4 rings (SSSR count). The fourth-order valence-corrected chi connectivity index (χ4v) is 4.60. The number of nitrogens with zero attached hydrogens (tertiary/aromatic N) is 1. The second kappa shape index (κ2) is 6.10. The summed E-state index contributed by atoms with van der Waals surface area (Å²) in [7, 11) is 0. The number of rotatable bonds is 3. The second-order valence-electron chi connectivity index (χ2n) is 7.27. The monoisotopic (exact) mass is 284 g/mol. The fraction of sp³-hybridized carbons (Fsp3) is 0.684. The van der Waals surface area contributed by atoms with E-state index in [1.165, 1.54) is 58.2 Å². The maximum atomic E-state index is 3.81. The molecule has 21 heavy (non-hydrogen) atoms. The summed E-state index contributed by atoms with van der Waals surface area (Å²) in [6, 6.07) is 12.7. The highest BCUT2D eigenvalue weighted by molar-refractivity contribution is 5.28. The highest BCUT2D eigenvalue weighted by atomic mass is 15.2. The molecule has 0 amide bonds. The largest absolute Gasteiger partial charge is 0.311 e. The van der Waals surface area contributed by atoms with Crippen LogP contribution in [0.5, 0.6) is 0 Å². The van der Waals surface area contributed by atoms with Gasteiger partial charge in [-0.05, 0) is 30.7 Å². The van der Waals surface area contributed by atoms with Crippen LogP contribution in [0.2, 0.25) is 0 Å². The lowest BCUT2D eigenvalue weighted by Gasteiger charge is -2.39. The molecule has 3 fully saturated rings. The molecule has 2 nitrogen and oxygen atoms in total. The van der Waals surface area contributed by atoms with Crippen LogP contribution in [0.4, 0.5) is 0 Å². The fourth-order valence-electron chi connectivity index (χ4n) is 4.60. The van der Waals surface area contributed by atoms with E-state index >= 15 is 0 Å². The van der Waals surface area contributed by atoms with Crippen molar-refractivity contribution < 1.29 is 0 Å². The van der Waals surface area contributed by atoms with Gasteiger partial charge in [0.15, 0.2) is 0 Å². The van der Waals surface area contributed by atoms with Crippen molar-refractivity contribution in [3.8, 4) is 0 Å². The SMILES string of the molecule is c1ccc(C2CC2N2CCNC(C3CCCCC3)C2)cc1. The first kappa shape index (κ1) is 13.8. The number of hydrogen-bond acceptors (Lipinski definition) is 2. The van der Waals surface area contributed by atoms with Gasteiger partial charge in [-0.2, -0.15) is 0 Å². The smallest absolute Gasteiger partial charge is 0.0223 e. The molecular formula is C19H28N2. The van der Waals surface area contributed by atoms with Crippen LogP contribution >= 0.6 is 0 Å². The molecule has 1 N–H and O–H groups in total. The average molecular weight is 284 g/mol. The van der Waals surface area contributed by atoms with Gasteiger partial charge in [0.2, 0.25) is 0 Å². The first-order chi connectivity index (χ1) is 10.4. The molecule has 1 saturated heterocycles. The zero-order valence-electron chi connectivity index (χ0n) is 13.0. The van der Waals surface area contributed by atoms with Crippen LogP contribution in [0, 0.1) is 5.92 Å². The Labute approximate surface area is 128 Å². The van der Waals surface area contributed by atoms with Crippen molar-refractivity contribution in [3.63, 3.8) is 0 Å². The van der Waals surface area contributed by atoms with E-state index in [9.17, 15) is 0 Å². The van der Waals surface area contributed by atoms with Gasteiger partial charge in [0.25, 0.3) is 0 Å². The van der Waals surface area contributed by atoms with E-state index in [2.05, 4.69) is 40.5 Å². The summed E-state index contributed by atoms with van der Waals surface area (Å²) in [6.07, 6.45) is 8.67. The van der Waals surface area contributed by atoms with Crippen LogP contribution in [0.25, 0.3) is 0 Å². The molecule has 0 aromatic heterocycles. The molecule has 3 aliphatic rings. The summed E-state index contributed by atoms with van der Waals surface area (Å²) < 4.78 is 0. The van der Waals surface area contributed by atoms with Gasteiger partial charge in [0, 0.05) is 37.6 Å². The summed E-state index contributed by atoms with van der Waals surface area (Å²) in [5.74, 6) is 1.74. The van der Waals surface area contributed by atoms with Crippen molar-refractivity contribution >= 4 is 0 Å². The first-order valence-corrected chi connectivity index (χ1v) is 8.94. The van der Waals surface area contributed by atoms with Gasteiger partial charge < -0.3 is 5.32 Å². The normalized spacial score (nSPS) is 34.8. The minimum Gasteiger partial charge on any atom is -0.311 e. The van der Waals surface area contributed by atoms with Crippen LogP contribution in [0.15, 0.2) is 30.3 Å². The highest BCUT2D eigenvalue weighted by Gasteiger charge is 2.44. The summed E-state index contributed by atoms with van der Waals surface area (Å²) in [5, 5.41) is 3.81. The van der Waals surface area contributed by atoms with Gasteiger partial charge >= 0.3 is 0 Å². The maximum Gasteiger partial charge on any atom is 0.0223 e. The minimum atomic E-state index is 0.760. The van der Waals surface area contributed by atoms with Crippen molar-refractivity contribution in [2.45, 2.75) is 56.5 Å². The molecule has 0 radical (unpaired) electrons. The minimum absolute atomic E-state index is 0.760. The standard InChI is InChI=1S/C19H28N2/c1-3-7-15(8-4-1)17-13-19(17)21-12-11-20-18(14-21)16-9-5-2-6-10-16/h1,3-4,7-8,16-20H,2,5-6,9-14H2. The van der Waals surface area contributed by atoms with Crippen LogP contribution in [-0.4, -0.2) is 36.6 Å². The molecule has 3 atom stereocenters. The molecule has 0 spiro atoms.